The Bertz CT molecular complexity index is 1840. The summed E-state index contributed by atoms with van der Waals surface area (Å²) in [5.74, 6) is 0. The summed E-state index contributed by atoms with van der Waals surface area (Å²) in [7, 11) is 2.18. The largest absolute Gasteiger partial charge is 0.368 e. The van der Waals surface area contributed by atoms with Gasteiger partial charge < -0.3 is 9.30 Å². The van der Waals surface area contributed by atoms with Crippen molar-refractivity contribution >= 4 is 49.4 Å². The van der Waals surface area contributed by atoms with Gasteiger partial charge in [0.1, 0.15) is 0 Å². The number of benzene rings is 4. The molecule has 2 aromatic heterocycles. The first-order valence-corrected chi connectivity index (χ1v) is 12.7. The van der Waals surface area contributed by atoms with Crippen LogP contribution < -0.4 is 4.90 Å². The number of rotatable bonds is 3. The summed E-state index contributed by atoms with van der Waals surface area (Å²) in [6.45, 7) is 2.27. The molecule has 0 saturated carbocycles. The molecule has 0 saturated heterocycles. The van der Waals surface area contributed by atoms with Crippen LogP contribution in [0.2, 0.25) is 0 Å². The van der Waals surface area contributed by atoms with Crippen molar-refractivity contribution in [1.29, 1.82) is 0 Å². The van der Waals surface area contributed by atoms with Crippen LogP contribution in [-0.4, -0.2) is 17.5 Å². The lowest BCUT2D eigenvalue weighted by Gasteiger charge is -2.29. The highest BCUT2D eigenvalue weighted by Crippen LogP contribution is 2.38. The lowest BCUT2D eigenvalue weighted by molar-refractivity contribution is 0.755. The lowest BCUT2D eigenvalue weighted by Crippen LogP contribution is -2.30. The van der Waals surface area contributed by atoms with E-state index in [1.807, 2.05) is 0 Å². The smallest absolute Gasteiger partial charge is 0.0576 e. The zero-order valence-electron chi connectivity index (χ0n) is 20.6. The molecular weight excluding hydrogens is 436 g/mol. The maximum Gasteiger partial charge on any atom is 0.0576 e. The molecule has 1 atom stereocenters. The molecule has 174 valence electrons. The molecule has 36 heavy (non-hydrogen) atoms. The van der Waals surface area contributed by atoms with Crippen LogP contribution >= 0.6 is 0 Å². The number of hydrogen-bond donors (Lipinski definition) is 0. The van der Waals surface area contributed by atoms with Gasteiger partial charge in [0.25, 0.3) is 0 Å². The number of para-hydroxylation sites is 3. The fourth-order valence-electron chi connectivity index (χ4n) is 5.99. The second kappa shape index (κ2) is 8.13. The van der Waals surface area contributed by atoms with E-state index in [4.69, 9.17) is 0 Å². The molecule has 0 fully saturated rings. The van der Waals surface area contributed by atoms with Gasteiger partial charge in [-0.1, -0.05) is 85.0 Å². The number of anilines is 1. The van der Waals surface area contributed by atoms with E-state index < -0.39 is 0 Å². The predicted octanol–water partition coefficient (Wildman–Crippen LogP) is 8.56. The zero-order valence-corrected chi connectivity index (χ0v) is 20.6. The fraction of sp³-hybridized carbons (Fsp3) is 0.118. The minimum atomic E-state index is 0.366. The lowest BCUT2D eigenvalue weighted by atomic mass is 9.93. The Morgan fingerprint density at radius 1 is 0.722 bits per heavy atom. The molecule has 4 aromatic carbocycles. The Morgan fingerprint density at radius 3 is 2.17 bits per heavy atom. The number of hydrogen-bond acceptors (Lipinski definition) is 1. The molecule has 2 heterocycles. The standard InChI is InChI=1S/C34H28N2/c1-23-28-12-6-8-14-32(28)36-33-15-9-7-13-30(33)29-21-18-25(22-31(29)34(23)36)24-16-19-27(20-17-24)35(2)26-10-4-3-5-11-26/h3-19,21-22,27H,20H2,1-2H3. The van der Waals surface area contributed by atoms with Crippen LogP contribution in [0.5, 0.6) is 0 Å². The molecule has 0 N–H and O–H groups in total. The molecule has 1 aliphatic rings. The van der Waals surface area contributed by atoms with E-state index in [1.165, 1.54) is 60.5 Å². The number of fused-ring (bicyclic) bond motifs is 8. The van der Waals surface area contributed by atoms with Crippen LogP contribution in [0.4, 0.5) is 5.69 Å². The Labute approximate surface area is 211 Å². The highest BCUT2D eigenvalue weighted by atomic mass is 15.1. The molecule has 1 aliphatic carbocycles. The quantitative estimate of drug-likeness (QED) is 0.238. The van der Waals surface area contributed by atoms with Crippen LogP contribution in [0.3, 0.4) is 0 Å². The summed E-state index contributed by atoms with van der Waals surface area (Å²) in [5, 5.41) is 5.25. The second-order valence-corrected chi connectivity index (χ2v) is 9.87. The summed E-state index contributed by atoms with van der Waals surface area (Å²) in [6, 6.07) is 35.6. The van der Waals surface area contributed by atoms with Gasteiger partial charge in [0.15, 0.2) is 0 Å². The van der Waals surface area contributed by atoms with Gasteiger partial charge in [-0.05, 0) is 65.8 Å². The maximum absolute atomic E-state index is 2.46. The van der Waals surface area contributed by atoms with Crippen molar-refractivity contribution in [1.82, 2.24) is 4.40 Å². The first-order chi connectivity index (χ1) is 17.7. The average molecular weight is 465 g/mol. The van der Waals surface area contributed by atoms with E-state index in [9.17, 15) is 0 Å². The number of aryl methyl sites for hydroxylation is 1. The van der Waals surface area contributed by atoms with Crippen molar-refractivity contribution in [3.63, 3.8) is 0 Å². The molecule has 0 bridgehead atoms. The van der Waals surface area contributed by atoms with Crippen molar-refractivity contribution in [3.8, 4) is 0 Å². The normalized spacial score (nSPS) is 15.7. The summed E-state index contributed by atoms with van der Waals surface area (Å²) in [5.41, 5.74) is 9.03. The third-order valence-electron chi connectivity index (χ3n) is 7.91. The van der Waals surface area contributed by atoms with E-state index in [0.717, 1.165) is 6.42 Å². The SMILES string of the molecule is Cc1c2ccccc2n2c3ccccc3c3ccc(C4=CCC(N(C)c5ccccc5)C=C4)cc3c12. The molecular formula is C34H28N2. The maximum atomic E-state index is 2.46. The molecule has 2 heteroatoms. The molecule has 0 spiro atoms. The van der Waals surface area contributed by atoms with Gasteiger partial charge in [0.05, 0.1) is 22.6 Å². The van der Waals surface area contributed by atoms with E-state index in [1.54, 1.807) is 0 Å². The third kappa shape index (κ3) is 3.11. The second-order valence-electron chi connectivity index (χ2n) is 9.87. The number of likely N-dealkylation sites (N-methyl/N-ethyl adjacent to an activating group) is 1. The topological polar surface area (TPSA) is 7.65 Å². The van der Waals surface area contributed by atoms with Gasteiger partial charge in [-0.2, -0.15) is 0 Å². The van der Waals surface area contributed by atoms with Crippen molar-refractivity contribution < 1.29 is 0 Å². The summed E-state index contributed by atoms with van der Waals surface area (Å²) in [4.78, 5) is 2.36. The third-order valence-corrected chi connectivity index (χ3v) is 7.91. The van der Waals surface area contributed by atoms with Crippen molar-refractivity contribution in [2.45, 2.75) is 19.4 Å². The molecule has 0 aliphatic heterocycles. The summed E-state index contributed by atoms with van der Waals surface area (Å²) < 4.78 is 2.46. The summed E-state index contributed by atoms with van der Waals surface area (Å²) >= 11 is 0. The van der Waals surface area contributed by atoms with Crippen LogP contribution in [0.25, 0.3) is 43.7 Å². The number of nitrogens with zero attached hydrogens (tertiary/aromatic N) is 2. The van der Waals surface area contributed by atoms with Crippen LogP contribution in [0.1, 0.15) is 17.5 Å². The van der Waals surface area contributed by atoms with Crippen molar-refractivity contribution in [2.75, 3.05) is 11.9 Å². The van der Waals surface area contributed by atoms with Crippen molar-refractivity contribution in [2.24, 2.45) is 0 Å². The van der Waals surface area contributed by atoms with Crippen molar-refractivity contribution in [3.05, 3.63) is 126 Å². The van der Waals surface area contributed by atoms with Crippen LogP contribution in [0.15, 0.2) is 115 Å². The highest BCUT2D eigenvalue weighted by molar-refractivity contribution is 6.17. The minimum absolute atomic E-state index is 0.366. The Morgan fingerprint density at radius 2 is 1.42 bits per heavy atom. The van der Waals surface area contributed by atoms with Gasteiger partial charge in [-0.25, -0.2) is 0 Å². The Balaban J connectivity index is 1.38. The van der Waals surface area contributed by atoms with Gasteiger partial charge in [0.2, 0.25) is 0 Å². The minimum Gasteiger partial charge on any atom is -0.368 e. The molecule has 1 unspecified atom stereocenters. The van der Waals surface area contributed by atoms with Gasteiger partial charge in [0, 0.05) is 28.9 Å². The van der Waals surface area contributed by atoms with Gasteiger partial charge in [-0.3, -0.25) is 0 Å². The van der Waals surface area contributed by atoms with Gasteiger partial charge >= 0.3 is 0 Å². The Hall–Kier alpha value is -4.30. The highest BCUT2D eigenvalue weighted by Gasteiger charge is 2.18. The average Bonchev–Trinajstić information content (AvgIpc) is 3.26. The number of aromatic nitrogens is 1. The summed E-state index contributed by atoms with van der Waals surface area (Å²) in [6.07, 6.45) is 8.04. The number of pyridine rings is 1. The molecule has 2 nitrogen and oxygen atoms in total. The predicted molar refractivity (Wildman–Crippen MR) is 155 cm³/mol. The molecule has 0 radical (unpaired) electrons. The van der Waals surface area contributed by atoms with E-state index in [-0.39, 0.29) is 0 Å². The van der Waals surface area contributed by atoms with Crippen LogP contribution in [-0.2, 0) is 0 Å². The van der Waals surface area contributed by atoms with E-state index in [0.29, 0.717) is 6.04 Å². The van der Waals surface area contributed by atoms with Crippen LogP contribution in [0, 0.1) is 6.92 Å². The first-order valence-electron chi connectivity index (χ1n) is 12.7. The van der Waals surface area contributed by atoms with E-state index in [2.05, 4.69) is 139 Å². The monoisotopic (exact) mass is 464 g/mol. The first kappa shape index (κ1) is 21.0. The Kier molecular flexibility index (Phi) is 4.75. The van der Waals surface area contributed by atoms with E-state index >= 15 is 0 Å². The zero-order chi connectivity index (χ0) is 24.2. The molecule has 6 aromatic rings. The number of allylic oxidation sites excluding steroid dienone is 2. The fourth-order valence-corrected chi connectivity index (χ4v) is 5.99. The molecule has 7 rings (SSSR count). The van der Waals surface area contributed by atoms with Gasteiger partial charge in [-0.15, -0.1) is 0 Å². The molecule has 0 amide bonds.